The van der Waals surface area contributed by atoms with Crippen LogP contribution in [0.15, 0.2) is 109 Å². The van der Waals surface area contributed by atoms with Gasteiger partial charge in [0.2, 0.25) is 0 Å². The van der Waals surface area contributed by atoms with Gasteiger partial charge < -0.3 is 0 Å². The summed E-state index contributed by atoms with van der Waals surface area (Å²) in [7, 11) is 0. The second-order valence-electron chi connectivity index (χ2n) is 10.7. The smallest absolute Gasteiger partial charge is 0.147 e. The van der Waals surface area contributed by atoms with Gasteiger partial charge in [-0.3, -0.25) is 0 Å². The van der Waals surface area contributed by atoms with Gasteiger partial charge in [0.1, 0.15) is 0 Å². The quantitative estimate of drug-likeness (QED) is 0.193. The van der Waals surface area contributed by atoms with Crippen molar-refractivity contribution >= 4 is 42.9 Å². The largest absolute Gasteiger partial charge is 0.147 e. The van der Waals surface area contributed by atoms with Crippen LogP contribution < -0.4 is 0 Å². The first-order valence-corrected chi connectivity index (χ1v) is 22.7. The van der Waals surface area contributed by atoms with Crippen LogP contribution in [-0.4, -0.2) is 5.92 Å². The number of halogens is 2. The molecule has 0 nitrogen and oxygen atoms in total. The zero-order valence-electron chi connectivity index (χ0n) is 22.4. The molecule has 4 heteroatoms. The van der Waals surface area contributed by atoms with E-state index in [1.807, 2.05) is 0 Å². The molecule has 0 amide bonds. The Kier molecular flexibility index (Phi) is 8.61. The Labute approximate surface area is 249 Å². The number of fused-ring (bicyclic) bond motifs is 2. The number of rotatable bonds is 5. The van der Waals surface area contributed by atoms with Crippen LogP contribution in [0.1, 0.15) is 44.5 Å². The Hall–Kier alpha value is -1.96. The van der Waals surface area contributed by atoms with Gasteiger partial charge in [-0.15, -0.1) is 24.8 Å². The average molecular weight is 634 g/mol. The first-order chi connectivity index (χ1) is 17.5. The maximum absolute atomic E-state index is 2.65. The predicted octanol–water partition coefficient (Wildman–Crippen LogP) is 8.99. The van der Waals surface area contributed by atoms with E-state index >= 15 is 0 Å². The maximum Gasteiger partial charge on any atom is -0.147 e. The summed E-state index contributed by atoms with van der Waals surface area (Å²) in [5.74, 6) is -1.13. The Morgan fingerprint density at radius 3 is 1.21 bits per heavy atom. The van der Waals surface area contributed by atoms with Gasteiger partial charge in [0.05, 0.1) is 0 Å². The molecule has 0 radical (unpaired) electrons. The molecule has 2 aliphatic carbocycles. The van der Waals surface area contributed by atoms with Gasteiger partial charge >= 0.3 is 226 Å². The molecular formula is C34H35Cl2SiZr. The molecule has 4 aromatic carbocycles. The van der Waals surface area contributed by atoms with Crippen molar-refractivity contribution in [3.63, 3.8) is 0 Å². The summed E-state index contributed by atoms with van der Waals surface area (Å²) in [5.41, 5.74) is 11.8. The van der Waals surface area contributed by atoms with Gasteiger partial charge in [-0.2, -0.15) is 0 Å². The van der Waals surface area contributed by atoms with Gasteiger partial charge in [0, 0.05) is 0 Å². The zero-order valence-corrected chi connectivity index (χ0v) is 27.7. The van der Waals surface area contributed by atoms with E-state index in [0.29, 0.717) is 0 Å². The Morgan fingerprint density at radius 2 is 0.842 bits per heavy atom. The third-order valence-corrected chi connectivity index (χ3v) is 31.1. The van der Waals surface area contributed by atoms with E-state index in [4.69, 9.17) is 0 Å². The molecule has 38 heavy (non-hydrogen) atoms. The molecule has 0 heterocycles. The Bertz CT molecular complexity index is 1410. The summed E-state index contributed by atoms with van der Waals surface area (Å²) in [5, 5.41) is 0. The van der Waals surface area contributed by atoms with E-state index in [1.54, 1.807) is 11.1 Å². The van der Waals surface area contributed by atoms with Gasteiger partial charge in [-0.05, 0) is 0 Å². The fourth-order valence-electron chi connectivity index (χ4n) is 7.09. The fraction of sp³-hybridized carbons (Fsp3) is 0.176. The van der Waals surface area contributed by atoms with Gasteiger partial charge in [-0.1, -0.05) is 0 Å². The summed E-state index contributed by atoms with van der Waals surface area (Å²) in [4.78, 5) is 0. The van der Waals surface area contributed by atoms with Gasteiger partial charge in [0.15, 0.2) is 0 Å². The summed E-state index contributed by atoms with van der Waals surface area (Å²) in [6.45, 7) is 9.96. The molecule has 2 unspecified atom stereocenters. The fourth-order valence-corrected chi connectivity index (χ4v) is 35.3. The minimum atomic E-state index is -2.57. The van der Waals surface area contributed by atoms with Crippen molar-refractivity contribution in [2.45, 2.75) is 33.2 Å². The minimum absolute atomic E-state index is 0. The van der Waals surface area contributed by atoms with Crippen molar-refractivity contribution in [3.05, 3.63) is 154 Å². The number of hydrogen-bond donors (Lipinski definition) is 0. The molecule has 0 saturated carbocycles. The molecule has 4 aromatic rings. The molecule has 0 fully saturated rings. The molecular weight excluding hydrogens is 599 g/mol. The molecule has 0 aromatic heterocycles. The molecule has 0 saturated heterocycles. The molecule has 2 aliphatic rings. The Balaban J connectivity index is 0.00000168. The molecule has 193 valence electrons. The molecule has 0 N–H and O–H groups in total. The van der Waals surface area contributed by atoms with Crippen molar-refractivity contribution in [1.82, 2.24) is 0 Å². The third-order valence-electron chi connectivity index (χ3n) is 8.36. The number of allylic oxidation sites excluding steroid dienone is 2. The van der Waals surface area contributed by atoms with Gasteiger partial charge in [-0.25, -0.2) is 0 Å². The van der Waals surface area contributed by atoms with E-state index in [0.717, 1.165) is 0 Å². The summed E-state index contributed by atoms with van der Waals surface area (Å²) < 4.78 is -0.0106. The topological polar surface area (TPSA) is 0 Å². The van der Waals surface area contributed by atoms with E-state index < -0.39 is 26.8 Å². The summed E-state index contributed by atoms with van der Waals surface area (Å²) in [6, 6.07) is 36.9. The molecule has 0 spiro atoms. The first-order valence-electron chi connectivity index (χ1n) is 13.1. The molecule has 0 bridgehead atoms. The second-order valence-corrected chi connectivity index (χ2v) is 30.8. The van der Waals surface area contributed by atoms with Crippen LogP contribution in [0.2, 0.25) is 13.1 Å². The predicted molar refractivity (Wildman–Crippen MR) is 168 cm³/mol. The minimum Gasteiger partial charge on any atom is -0.147 e. The van der Waals surface area contributed by atoms with Crippen molar-refractivity contribution in [2.75, 3.05) is 0 Å². The number of aryl methyl sites for hydroxylation is 2. The molecule has 6 rings (SSSR count). The molecule has 0 aliphatic heterocycles. The second kappa shape index (κ2) is 11.3. The van der Waals surface area contributed by atoms with Crippen molar-refractivity contribution < 1.29 is 20.9 Å². The van der Waals surface area contributed by atoms with E-state index in [1.165, 1.54) is 33.4 Å². The van der Waals surface area contributed by atoms with E-state index in [9.17, 15) is 0 Å². The number of benzene rings is 4. The van der Waals surface area contributed by atoms with Gasteiger partial charge in [0.25, 0.3) is 0 Å². The van der Waals surface area contributed by atoms with E-state index in [-0.39, 0.29) is 31.1 Å². The Morgan fingerprint density at radius 1 is 0.500 bits per heavy atom. The van der Waals surface area contributed by atoms with Crippen LogP contribution in [0.4, 0.5) is 0 Å². The zero-order chi connectivity index (χ0) is 24.9. The van der Waals surface area contributed by atoms with Crippen molar-refractivity contribution in [1.29, 1.82) is 0 Å². The summed E-state index contributed by atoms with van der Waals surface area (Å²) >= 11 is -2.57. The maximum atomic E-state index is 2.65. The van der Waals surface area contributed by atoms with Crippen LogP contribution in [0.25, 0.3) is 12.2 Å². The molecule has 2 atom stereocenters. The van der Waals surface area contributed by atoms with Crippen LogP contribution >= 0.6 is 24.8 Å². The van der Waals surface area contributed by atoms with Crippen LogP contribution in [0.3, 0.4) is 0 Å². The normalized spacial score (nSPS) is 20.4. The summed E-state index contributed by atoms with van der Waals surface area (Å²) in [6.07, 6.45) is 10.2. The van der Waals surface area contributed by atoms with Crippen LogP contribution in [0, 0.1) is 13.8 Å². The third kappa shape index (κ3) is 4.20. The first kappa shape index (κ1) is 29.0. The van der Waals surface area contributed by atoms with Crippen LogP contribution in [0.5, 0.6) is 0 Å². The average Bonchev–Trinajstić information content (AvgIpc) is 3.45. The van der Waals surface area contributed by atoms with Crippen LogP contribution in [-0.2, 0) is 27.2 Å². The monoisotopic (exact) mass is 631 g/mol. The van der Waals surface area contributed by atoms with Crippen molar-refractivity contribution in [2.24, 2.45) is 0 Å². The standard InChI is InChI=1S/2C16H13.C2H7Si.2ClH.Zr/c2*1-12-6-2-4-8-14(12)16-11-10-13-7-3-5-9-15(13)16;1-3-2;;;/h2*2-11H,1H3;3H,1-2H3;2*1H;. The SMILES string of the molecule is Cc1ccccc1[C]1([Zr]([SiH](C)C)[C]2(c3ccccc3C)C=Cc3ccccc32)C=Cc2ccccc21.Cl.Cl. The number of hydrogen-bond acceptors (Lipinski definition) is 0. The van der Waals surface area contributed by atoms with E-state index in [2.05, 4.69) is 148 Å². The van der Waals surface area contributed by atoms with Crippen molar-refractivity contribution in [3.8, 4) is 0 Å².